The molecular weight excluding hydrogens is 262 g/mol. The van der Waals surface area contributed by atoms with Gasteiger partial charge in [0.1, 0.15) is 0 Å². The van der Waals surface area contributed by atoms with Gasteiger partial charge in [-0.2, -0.15) is 0 Å². The van der Waals surface area contributed by atoms with E-state index in [1.165, 1.54) is 18.5 Å². The van der Waals surface area contributed by atoms with Crippen LogP contribution in [0.1, 0.15) is 26.7 Å². The quantitative estimate of drug-likeness (QED) is 0.867. The minimum Gasteiger partial charge on any atom is -0.397 e. The highest BCUT2D eigenvalue weighted by Gasteiger charge is 2.33. The summed E-state index contributed by atoms with van der Waals surface area (Å²) >= 11 is 0. The predicted molar refractivity (Wildman–Crippen MR) is 87.7 cm³/mol. The van der Waals surface area contributed by atoms with Crippen LogP contribution in [0.4, 0.5) is 11.4 Å². The number of nitrogens with two attached hydrogens (primary N) is 1. The Hall–Kier alpha value is -1.26. The molecule has 0 aromatic heterocycles. The molecule has 0 bridgehead atoms. The third-order valence-corrected chi connectivity index (χ3v) is 4.67. The summed E-state index contributed by atoms with van der Waals surface area (Å²) in [5.74, 6) is 0. The van der Waals surface area contributed by atoms with Crippen molar-refractivity contribution < 1.29 is 4.74 Å². The molecule has 1 atom stereocenters. The molecule has 0 spiro atoms. The average molecular weight is 289 g/mol. The van der Waals surface area contributed by atoms with Gasteiger partial charge in [-0.3, -0.25) is 4.90 Å². The molecule has 0 amide bonds. The van der Waals surface area contributed by atoms with Crippen LogP contribution in [0.5, 0.6) is 0 Å². The number of piperazine rings is 1. The lowest BCUT2D eigenvalue weighted by Crippen LogP contribution is -2.48. The molecule has 1 aromatic rings. The number of nitrogen functional groups attached to an aromatic ring is 1. The lowest BCUT2D eigenvalue weighted by molar-refractivity contribution is -0.0291. The van der Waals surface area contributed by atoms with E-state index in [4.69, 9.17) is 10.5 Å². The zero-order valence-corrected chi connectivity index (χ0v) is 13.2. The molecule has 4 nitrogen and oxygen atoms in total. The van der Waals surface area contributed by atoms with Crippen LogP contribution < -0.4 is 10.6 Å². The van der Waals surface area contributed by atoms with Crippen molar-refractivity contribution in [2.75, 3.05) is 43.4 Å². The van der Waals surface area contributed by atoms with Crippen molar-refractivity contribution in [1.29, 1.82) is 0 Å². The van der Waals surface area contributed by atoms with E-state index < -0.39 is 0 Å². The summed E-state index contributed by atoms with van der Waals surface area (Å²) in [4.78, 5) is 4.92. The number of hydrogen-bond donors (Lipinski definition) is 1. The van der Waals surface area contributed by atoms with Crippen LogP contribution in [0.25, 0.3) is 0 Å². The fraction of sp³-hybridized carbons (Fsp3) is 0.647. The maximum Gasteiger partial charge on any atom is 0.0710 e. The van der Waals surface area contributed by atoms with Crippen LogP contribution >= 0.6 is 0 Å². The molecule has 4 heteroatoms. The fourth-order valence-electron chi connectivity index (χ4n) is 3.44. The molecule has 2 N–H and O–H groups in total. The predicted octanol–water partition coefficient (Wildman–Crippen LogP) is 2.35. The summed E-state index contributed by atoms with van der Waals surface area (Å²) in [5.41, 5.74) is 8.20. The van der Waals surface area contributed by atoms with E-state index in [0.29, 0.717) is 6.10 Å². The molecule has 1 unspecified atom stereocenters. The second-order valence-corrected chi connectivity index (χ2v) is 6.88. The second-order valence-electron chi connectivity index (χ2n) is 6.88. The topological polar surface area (TPSA) is 41.7 Å². The molecule has 2 aliphatic heterocycles. The van der Waals surface area contributed by atoms with E-state index >= 15 is 0 Å². The van der Waals surface area contributed by atoms with Crippen molar-refractivity contribution >= 4 is 11.4 Å². The van der Waals surface area contributed by atoms with Gasteiger partial charge in [0, 0.05) is 32.7 Å². The number of anilines is 2. The van der Waals surface area contributed by atoms with Crippen molar-refractivity contribution in [2.24, 2.45) is 0 Å². The zero-order valence-electron chi connectivity index (χ0n) is 13.2. The second kappa shape index (κ2) is 5.85. The highest BCUT2D eigenvalue weighted by molar-refractivity contribution is 5.67. The minimum absolute atomic E-state index is 0.0744. The summed E-state index contributed by atoms with van der Waals surface area (Å²) in [6, 6.07) is 8.16. The van der Waals surface area contributed by atoms with Gasteiger partial charge in [0.15, 0.2) is 0 Å². The number of hydrogen-bond acceptors (Lipinski definition) is 4. The molecule has 116 valence electrons. The van der Waals surface area contributed by atoms with Gasteiger partial charge in [0.05, 0.1) is 23.1 Å². The fourth-order valence-corrected chi connectivity index (χ4v) is 3.44. The van der Waals surface area contributed by atoms with E-state index in [1.807, 2.05) is 12.1 Å². The summed E-state index contributed by atoms with van der Waals surface area (Å²) in [7, 11) is 0. The van der Waals surface area contributed by atoms with Gasteiger partial charge in [-0.25, -0.2) is 0 Å². The van der Waals surface area contributed by atoms with Gasteiger partial charge in [-0.1, -0.05) is 12.1 Å². The first-order valence-corrected chi connectivity index (χ1v) is 8.03. The largest absolute Gasteiger partial charge is 0.397 e. The molecule has 0 aliphatic carbocycles. The van der Waals surface area contributed by atoms with Crippen LogP contribution in [0.15, 0.2) is 24.3 Å². The third-order valence-electron chi connectivity index (χ3n) is 4.67. The highest BCUT2D eigenvalue weighted by atomic mass is 16.5. The first-order valence-electron chi connectivity index (χ1n) is 8.03. The van der Waals surface area contributed by atoms with Gasteiger partial charge in [0.2, 0.25) is 0 Å². The molecule has 2 fully saturated rings. The SMILES string of the molecule is CC1(C)CCC(CN2CCN(c3ccccc3N)CC2)O1. The molecule has 0 radical (unpaired) electrons. The van der Waals surface area contributed by atoms with Gasteiger partial charge < -0.3 is 15.4 Å². The van der Waals surface area contributed by atoms with Crippen LogP contribution in [-0.4, -0.2) is 49.3 Å². The Morgan fingerprint density at radius 1 is 1.19 bits per heavy atom. The monoisotopic (exact) mass is 289 g/mol. The standard InChI is InChI=1S/C17H27N3O/c1-17(2)8-7-14(21-17)13-19-9-11-20(12-10-19)16-6-4-3-5-15(16)18/h3-6,14H,7-13,18H2,1-2H3. The Kier molecular flexibility index (Phi) is 4.09. The Morgan fingerprint density at radius 2 is 1.90 bits per heavy atom. The number of para-hydroxylation sites is 2. The van der Waals surface area contributed by atoms with Gasteiger partial charge >= 0.3 is 0 Å². The van der Waals surface area contributed by atoms with E-state index in [9.17, 15) is 0 Å². The summed E-state index contributed by atoms with van der Waals surface area (Å²) in [5, 5.41) is 0. The van der Waals surface area contributed by atoms with Crippen LogP contribution in [-0.2, 0) is 4.74 Å². The van der Waals surface area contributed by atoms with Crippen LogP contribution in [0.2, 0.25) is 0 Å². The van der Waals surface area contributed by atoms with Gasteiger partial charge in [0.25, 0.3) is 0 Å². The Bertz CT molecular complexity index is 481. The van der Waals surface area contributed by atoms with E-state index in [2.05, 4.69) is 35.8 Å². The van der Waals surface area contributed by atoms with Crippen LogP contribution in [0, 0.1) is 0 Å². The Balaban J connectivity index is 1.51. The van der Waals surface area contributed by atoms with E-state index in [0.717, 1.165) is 38.4 Å². The molecular formula is C17H27N3O. The third kappa shape index (κ3) is 3.50. The van der Waals surface area contributed by atoms with Gasteiger partial charge in [-0.15, -0.1) is 0 Å². The summed E-state index contributed by atoms with van der Waals surface area (Å²) in [6.45, 7) is 9.74. The van der Waals surface area contributed by atoms with Crippen molar-refractivity contribution in [3.05, 3.63) is 24.3 Å². The van der Waals surface area contributed by atoms with E-state index in [1.54, 1.807) is 0 Å². The zero-order chi connectivity index (χ0) is 14.9. The van der Waals surface area contributed by atoms with Crippen molar-refractivity contribution in [1.82, 2.24) is 4.90 Å². The molecule has 2 saturated heterocycles. The number of benzene rings is 1. The number of nitrogens with zero attached hydrogens (tertiary/aromatic N) is 2. The van der Waals surface area contributed by atoms with Crippen molar-refractivity contribution in [3.63, 3.8) is 0 Å². The van der Waals surface area contributed by atoms with E-state index in [-0.39, 0.29) is 5.60 Å². The minimum atomic E-state index is 0.0744. The summed E-state index contributed by atoms with van der Waals surface area (Å²) in [6.07, 6.45) is 2.78. The Morgan fingerprint density at radius 3 is 2.52 bits per heavy atom. The molecule has 2 heterocycles. The highest BCUT2D eigenvalue weighted by Crippen LogP contribution is 2.30. The number of ether oxygens (including phenoxy) is 1. The maximum absolute atomic E-state index is 6.11. The van der Waals surface area contributed by atoms with Crippen LogP contribution in [0.3, 0.4) is 0 Å². The molecule has 0 saturated carbocycles. The lowest BCUT2D eigenvalue weighted by Gasteiger charge is -2.37. The molecule has 21 heavy (non-hydrogen) atoms. The summed E-state index contributed by atoms with van der Waals surface area (Å²) < 4.78 is 6.11. The smallest absolute Gasteiger partial charge is 0.0710 e. The number of rotatable bonds is 3. The van der Waals surface area contributed by atoms with Crippen molar-refractivity contribution in [3.8, 4) is 0 Å². The Labute approximate surface area is 127 Å². The maximum atomic E-state index is 6.11. The van der Waals surface area contributed by atoms with Gasteiger partial charge in [-0.05, 0) is 38.8 Å². The molecule has 1 aromatic carbocycles. The first kappa shape index (κ1) is 14.7. The first-order chi connectivity index (χ1) is 10.0. The molecule has 3 rings (SSSR count). The lowest BCUT2D eigenvalue weighted by atomic mass is 10.1. The molecule has 2 aliphatic rings. The normalized spacial score (nSPS) is 26.2. The van der Waals surface area contributed by atoms with Crippen molar-refractivity contribution in [2.45, 2.75) is 38.4 Å². The average Bonchev–Trinajstić information content (AvgIpc) is 2.80.